The first-order valence-corrected chi connectivity index (χ1v) is 4.49. The molecule has 0 aliphatic carbocycles. The van der Waals surface area contributed by atoms with E-state index in [1.54, 1.807) is 0 Å². The van der Waals surface area contributed by atoms with Gasteiger partial charge in [0.25, 0.3) is 0 Å². The molecule has 0 spiro atoms. The van der Waals surface area contributed by atoms with E-state index >= 15 is 0 Å². The molecule has 0 heterocycles. The van der Waals surface area contributed by atoms with Gasteiger partial charge in [-0.3, -0.25) is 0 Å². The summed E-state index contributed by atoms with van der Waals surface area (Å²) >= 11 is 0. The number of ketones is 1. The van der Waals surface area contributed by atoms with E-state index in [0.29, 0.717) is 0 Å². The molecule has 1 aromatic rings. The van der Waals surface area contributed by atoms with Crippen LogP contribution in [-0.4, -0.2) is 11.9 Å². The molecule has 0 saturated heterocycles. The zero-order valence-corrected chi connectivity index (χ0v) is 10.4. The molecule has 1 rings (SSSR count). The van der Waals surface area contributed by atoms with Crippen molar-refractivity contribution in [3.63, 3.8) is 0 Å². The average molecular weight is 309 g/mol. The zero-order valence-electron chi connectivity index (χ0n) is 8.73. The van der Waals surface area contributed by atoms with Crippen LogP contribution in [-0.2, 0) is 35.6 Å². The molecule has 0 unspecified atom stereocenters. The summed E-state index contributed by atoms with van der Waals surface area (Å²) in [4.78, 5) is 21.5. The summed E-state index contributed by atoms with van der Waals surface area (Å²) in [6, 6.07) is 9.30. The predicted molar refractivity (Wildman–Crippen MR) is 54.7 cm³/mol. The molecule has 1 radical (unpaired) electrons. The molecule has 4 nitrogen and oxygen atoms in total. The summed E-state index contributed by atoms with van der Waals surface area (Å²) in [5.74, 6) is -0.230. The Bertz CT molecular complexity index is 340. The number of benzene rings is 1. The largest absolute Gasteiger partial charge is 0.448 e. The van der Waals surface area contributed by atoms with Crippen molar-refractivity contribution in [2.24, 2.45) is 0 Å². The van der Waals surface area contributed by atoms with Crippen molar-refractivity contribution in [1.82, 2.24) is 5.32 Å². The number of ether oxygens (including phenoxy) is 1. The molecule has 89 valence electrons. The molecule has 0 atom stereocenters. The summed E-state index contributed by atoms with van der Waals surface area (Å²) in [6.07, 6.45) is -0.631. The topological polar surface area (TPSA) is 55.4 Å². The Morgan fingerprint density at radius 3 is 2.50 bits per heavy atom. The van der Waals surface area contributed by atoms with Crippen molar-refractivity contribution >= 4 is 11.9 Å². The van der Waals surface area contributed by atoms with Crippen LogP contribution < -0.4 is 5.32 Å². The first-order chi connectivity index (χ1) is 7.18. The molecule has 1 aromatic carbocycles. The number of carbonyl (C=O) groups excluding carboxylic acids is 2. The third-order valence-electron chi connectivity index (χ3n) is 1.61. The number of carbonyl (C=O) groups is 2. The number of rotatable bonds is 4. The molecular formula is C11H12NO3Rh-. The molecule has 1 N–H and O–H groups in total. The molecule has 0 aliphatic rings. The van der Waals surface area contributed by atoms with Crippen molar-refractivity contribution in [3.8, 4) is 0 Å². The van der Waals surface area contributed by atoms with Gasteiger partial charge in [-0.2, -0.15) is 0 Å². The number of hydrogen-bond acceptors (Lipinski definition) is 3. The van der Waals surface area contributed by atoms with Crippen molar-refractivity contribution in [2.45, 2.75) is 13.5 Å². The SMILES string of the molecule is CC(=O)[CH-]NC(=O)OCc1ccccc1.[Rh]. The molecule has 0 aromatic heterocycles. The summed E-state index contributed by atoms with van der Waals surface area (Å²) in [6.45, 7) is 2.60. The maximum Gasteiger partial charge on any atom is 0.380 e. The van der Waals surface area contributed by atoms with E-state index in [1.807, 2.05) is 30.3 Å². The Hall–Kier alpha value is -1.35. The van der Waals surface area contributed by atoms with Crippen molar-refractivity contribution in [1.29, 1.82) is 0 Å². The molecular weight excluding hydrogens is 297 g/mol. The van der Waals surface area contributed by atoms with Gasteiger partial charge < -0.3 is 14.8 Å². The van der Waals surface area contributed by atoms with E-state index in [9.17, 15) is 9.59 Å². The normalized spacial score (nSPS) is 8.56. The number of Topliss-reactive ketones (excluding diaryl/α,β-unsaturated/α-hetero) is 1. The Balaban J connectivity index is 0.00000225. The average Bonchev–Trinajstić information content (AvgIpc) is 2.25. The third-order valence-corrected chi connectivity index (χ3v) is 1.61. The van der Waals surface area contributed by atoms with E-state index in [0.717, 1.165) is 12.1 Å². The molecule has 0 saturated carbocycles. The number of alkyl carbamates (subject to hydrolysis) is 1. The maximum atomic E-state index is 11.0. The molecule has 0 bridgehead atoms. The second kappa shape index (κ2) is 7.88. The van der Waals surface area contributed by atoms with Crippen LogP contribution in [0.4, 0.5) is 4.79 Å². The fourth-order valence-corrected chi connectivity index (χ4v) is 0.925. The fraction of sp³-hybridized carbons (Fsp3) is 0.182. The van der Waals surface area contributed by atoms with Gasteiger partial charge in [0.1, 0.15) is 6.61 Å². The van der Waals surface area contributed by atoms with Gasteiger partial charge in [0.2, 0.25) is 0 Å². The van der Waals surface area contributed by atoms with Gasteiger partial charge in [0.05, 0.1) is 0 Å². The van der Waals surface area contributed by atoms with E-state index in [-0.39, 0.29) is 31.9 Å². The van der Waals surface area contributed by atoms with Crippen LogP contribution in [0.2, 0.25) is 0 Å². The first kappa shape index (κ1) is 14.7. The van der Waals surface area contributed by atoms with Gasteiger partial charge in [-0.15, -0.1) is 0 Å². The maximum absolute atomic E-state index is 11.0. The van der Waals surface area contributed by atoms with Gasteiger partial charge in [-0.1, -0.05) is 30.3 Å². The van der Waals surface area contributed by atoms with E-state index < -0.39 is 6.09 Å². The number of nitrogens with one attached hydrogen (secondary N) is 1. The Kier molecular flexibility index (Phi) is 7.22. The van der Waals surface area contributed by atoms with Gasteiger partial charge in [0.15, 0.2) is 0 Å². The first-order valence-electron chi connectivity index (χ1n) is 4.49. The summed E-state index contributed by atoms with van der Waals surface area (Å²) < 4.78 is 4.84. The van der Waals surface area contributed by atoms with E-state index in [4.69, 9.17) is 4.74 Å². The molecule has 5 heteroatoms. The minimum absolute atomic E-state index is 0. The second-order valence-corrected chi connectivity index (χ2v) is 2.96. The van der Waals surface area contributed by atoms with Crippen LogP contribution >= 0.6 is 0 Å². The number of hydrogen-bond donors (Lipinski definition) is 1. The summed E-state index contributed by atoms with van der Waals surface area (Å²) in [7, 11) is 0. The van der Waals surface area contributed by atoms with Crippen LogP contribution in [0.5, 0.6) is 0 Å². The molecule has 0 fully saturated rings. The number of amides is 1. The van der Waals surface area contributed by atoms with Crippen LogP contribution in [0.1, 0.15) is 12.5 Å². The summed E-state index contributed by atoms with van der Waals surface area (Å²) in [5.41, 5.74) is 0.899. The van der Waals surface area contributed by atoms with E-state index in [1.165, 1.54) is 6.92 Å². The second-order valence-electron chi connectivity index (χ2n) is 2.96. The third kappa shape index (κ3) is 6.20. The van der Waals surface area contributed by atoms with Crippen molar-refractivity contribution in [3.05, 3.63) is 42.4 Å². The van der Waals surface area contributed by atoms with Gasteiger partial charge in [-0.25, -0.2) is 11.3 Å². The quantitative estimate of drug-likeness (QED) is 0.680. The van der Waals surface area contributed by atoms with Crippen LogP contribution in [0.25, 0.3) is 0 Å². The fourth-order valence-electron chi connectivity index (χ4n) is 0.925. The van der Waals surface area contributed by atoms with Crippen molar-refractivity contribution < 1.29 is 33.8 Å². The van der Waals surface area contributed by atoms with Gasteiger partial charge in [-0.05, 0) is 12.5 Å². The Morgan fingerprint density at radius 1 is 1.31 bits per heavy atom. The molecule has 0 aliphatic heterocycles. The standard InChI is InChI=1S/C11H12NO3.Rh/c1-9(13)7-12-11(14)15-8-10-5-3-2-4-6-10;/h2-7H,8H2,1H3,(H,12,14);/q-1;. The van der Waals surface area contributed by atoms with Crippen LogP contribution in [0.15, 0.2) is 30.3 Å². The Morgan fingerprint density at radius 2 is 1.94 bits per heavy atom. The van der Waals surface area contributed by atoms with E-state index in [2.05, 4.69) is 5.32 Å². The smallest absolute Gasteiger partial charge is 0.380 e. The molecule has 16 heavy (non-hydrogen) atoms. The molecule has 1 amide bonds. The minimum atomic E-state index is -0.631. The van der Waals surface area contributed by atoms with Gasteiger partial charge >= 0.3 is 6.09 Å². The predicted octanol–water partition coefficient (Wildman–Crippen LogP) is 1.66. The monoisotopic (exact) mass is 309 g/mol. The van der Waals surface area contributed by atoms with Crippen LogP contribution in [0.3, 0.4) is 0 Å². The summed E-state index contributed by atoms with van der Waals surface area (Å²) in [5, 5.41) is 2.22. The van der Waals surface area contributed by atoms with Crippen molar-refractivity contribution in [2.75, 3.05) is 0 Å². The Labute approximate surface area is 107 Å². The van der Waals surface area contributed by atoms with Crippen LogP contribution in [0, 0.1) is 6.54 Å². The van der Waals surface area contributed by atoms with Gasteiger partial charge in [0, 0.05) is 25.3 Å². The zero-order chi connectivity index (χ0) is 11.1. The minimum Gasteiger partial charge on any atom is -0.448 e.